The molecule has 1 aromatic carbocycles. The van der Waals surface area contributed by atoms with Crippen LogP contribution in [0.25, 0.3) is 0 Å². The van der Waals surface area contributed by atoms with Crippen LogP contribution in [0.3, 0.4) is 0 Å². The number of hydrogen-bond acceptors (Lipinski definition) is 2. The minimum atomic E-state index is -1.15. The van der Waals surface area contributed by atoms with Crippen molar-refractivity contribution in [2.75, 3.05) is 5.32 Å². The van der Waals surface area contributed by atoms with E-state index in [1.54, 1.807) is 12.1 Å². The maximum Gasteiger partial charge on any atom is 0.328 e. The van der Waals surface area contributed by atoms with E-state index in [0.29, 0.717) is 5.69 Å². The fourth-order valence-corrected chi connectivity index (χ4v) is 2.89. The number of amides is 1. The van der Waals surface area contributed by atoms with Gasteiger partial charge in [-0.25, -0.2) is 4.79 Å². The first-order valence-corrected chi connectivity index (χ1v) is 6.31. The molecule has 0 atom stereocenters. The number of rotatable bonds is 3. The number of halogens is 2. The Bertz CT molecular complexity index is 437. The van der Waals surface area contributed by atoms with Crippen molar-refractivity contribution in [2.24, 2.45) is 0 Å². The SMILES string of the molecule is O=C(O)/C=C\C(=O)Nc1cc(I)cc(I)c1. The van der Waals surface area contributed by atoms with Gasteiger partial charge in [-0.2, -0.15) is 0 Å². The van der Waals surface area contributed by atoms with E-state index >= 15 is 0 Å². The van der Waals surface area contributed by atoms with E-state index in [9.17, 15) is 9.59 Å². The van der Waals surface area contributed by atoms with E-state index in [0.717, 1.165) is 19.3 Å². The van der Waals surface area contributed by atoms with Crippen molar-refractivity contribution in [1.82, 2.24) is 0 Å². The summed E-state index contributed by atoms with van der Waals surface area (Å²) in [4.78, 5) is 21.5. The molecule has 0 spiro atoms. The summed E-state index contributed by atoms with van der Waals surface area (Å²) >= 11 is 4.28. The number of carbonyl (C=O) groups is 2. The van der Waals surface area contributed by atoms with Crippen molar-refractivity contribution in [3.05, 3.63) is 37.5 Å². The molecule has 6 heteroatoms. The zero-order chi connectivity index (χ0) is 12.1. The van der Waals surface area contributed by atoms with Gasteiger partial charge >= 0.3 is 5.97 Å². The van der Waals surface area contributed by atoms with Crippen molar-refractivity contribution in [3.63, 3.8) is 0 Å². The van der Waals surface area contributed by atoms with E-state index in [4.69, 9.17) is 5.11 Å². The normalized spacial score (nSPS) is 10.4. The summed E-state index contributed by atoms with van der Waals surface area (Å²) in [6.07, 6.45) is 1.78. The largest absolute Gasteiger partial charge is 0.478 e. The Labute approximate surface area is 119 Å². The van der Waals surface area contributed by atoms with Crippen LogP contribution in [0.1, 0.15) is 0 Å². The van der Waals surface area contributed by atoms with Crippen molar-refractivity contribution >= 4 is 62.7 Å². The lowest BCUT2D eigenvalue weighted by molar-refractivity contribution is -0.131. The molecule has 0 aliphatic rings. The first kappa shape index (κ1) is 13.4. The predicted molar refractivity (Wildman–Crippen MR) is 77.3 cm³/mol. The number of anilines is 1. The van der Waals surface area contributed by atoms with E-state index in [-0.39, 0.29) is 0 Å². The summed E-state index contributed by atoms with van der Waals surface area (Å²) in [6.45, 7) is 0. The van der Waals surface area contributed by atoms with Crippen LogP contribution < -0.4 is 5.32 Å². The maximum absolute atomic E-state index is 11.3. The number of benzene rings is 1. The molecule has 0 unspecified atom stereocenters. The summed E-state index contributed by atoms with van der Waals surface area (Å²) in [5.41, 5.74) is 0.649. The van der Waals surface area contributed by atoms with Crippen LogP contribution in [-0.4, -0.2) is 17.0 Å². The monoisotopic (exact) mass is 443 g/mol. The highest BCUT2D eigenvalue weighted by Crippen LogP contribution is 2.18. The van der Waals surface area contributed by atoms with Crippen LogP contribution in [0.4, 0.5) is 5.69 Å². The second-order valence-corrected chi connectivity index (χ2v) is 5.31. The van der Waals surface area contributed by atoms with E-state index in [2.05, 4.69) is 50.5 Å². The number of carbonyl (C=O) groups excluding carboxylic acids is 1. The number of carboxylic acids is 1. The molecule has 0 radical (unpaired) electrons. The fraction of sp³-hybridized carbons (Fsp3) is 0. The van der Waals surface area contributed by atoms with Crippen molar-refractivity contribution < 1.29 is 14.7 Å². The van der Waals surface area contributed by atoms with E-state index in [1.807, 2.05) is 6.07 Å². The molecule has 1 aromatic rings. The van der Waals surface area contributed by atoms with Crippen molar-refractivity contribution in [1.29, 1.82) is 0 Å². The Morgan fingerprint density at radius 3 is 2.19 bits per heavy atom. The second-order valence-electron chi connectivity index (χ2n) is 2.82. The molecule has 0 bridgehead atoms. The van der Waals surface area contributed by atoms with Crippen LogP contribution in [0.2, 0.25) is 0 Å². The number of nitrogens with one attached hydrogen (secondary N) is 1. The molecule has 1 rings (SSSR count). The van der Waals surface area contributed by atoms with Gasteiger partial charge < -0.3 is 10.4 Å². The highest BCUT2D eigenvalue weighted by Gasteiger charge is 2.01. The lowest BCUT2D eigenvalue weighted by Crippen LogP contribution is -2.09. The fourth-order valence-electron chi connectivity index (χ4n) is 0.957. The van der Waals surface area contributed by atoms with Gasteiger partial charge in [0, 0.05) is 25.0 Å². The average molecular weight is 443 g/mol. The van der Waals surface area contributed by atoms with Crippen LogP contribution >= 0.6 is 45.2 Å². The summed E-state index contributed by atoms with van der Waals surface area (Å²) in [7, 11) is 0. The number of carboxylic acid groups (broad SMARTS) is 1. The Balaban J connectivity index is 2.73. The second kappa shape index (κ2) is 6.18. The van der Waals surface area contributed by atoms with Gasteiger partial charge in [0.2, 0.25) is 5.91 Å². The lowest BCUT2D eigenvalue weighted by Gasteiger charge is -2.03. The summed E-state index contributed by atoms with van der Waals surface area (Å²) in [5, 5.41) is 10.9. The Morgan fingerprint density at radius 1 is 1.12 bits per heavy atom. The van der Waals surface area contributed by atoms with Gasteiger partial charge in [0.1, 0.15) is 0 Å². The third kappa shape index (κ3) is 4.92. The zero-order valence-electron chi connectivity index (χ0n) is 7.91. The Kier molecular flexibility index (Phi) is 5.19. The average Bonchev–Trinajstić information content (AvgIpc) is 2.12. The molecule has 1 amide bonds. The van der Waals surface area contributed by atoms with Gasteiger partial charge in [0.05, 0.1) is 0 Å². The molecule has 0 fully saturated rings. The molecule has 0 saturated carbocycles. The highest BCUT2D eigenvalue weighted by molar-refractivity contribution is 14.1. The van der Waals surface area contributed by atoms with Gasteiger partial charge in [0.15, 0.2) is 0 Å². The first-order valence-electron chi connectivity index (χ1n) is 4.15. The molecule has 16 heavy (non-hydrogen) atoms. The summed E-state index contributed by atoms with van der Waals surface area (Å²) in [6, 6.07) is 5.56. The highest BCUT2D eigenvalue weighted by atomic mass is 127. The van der Waals surface area contributed by atoms with Crippen molar-refractivity contribution in [2.45, 2.75) is 0 Å². The standard InChI is InChI=1S/C10H7I2NO3/c11-6-3-7(12)5-8(4-6)13-9(14)1-2-10(15)16/h1-5H,(H,13,14)(H,15,16)/b2-1-. The molecule has 0 saturated heterocycles. The minimum Gasteiger partial charge on any atom is -0.478 e. The van der Waals surface area contributed by atoms with Crippen LogP contribution in [-0.2, 0) is 9.59 Å². The molecule has 84 valence electrons. The van der Waals surface area contributed by atoms with Crippen LogP contribution in [0.15, 0.2) is 30.4 Å². The zero-order valence-corrected chi connectivity index (χ0v) is 12.2. The molecule has 4 nitrogen and oxygen atoms in total. The van der Waals surface area contributed by atoms with Gasteiger partial charge in [0.25, 0.3) is 0 Å². The van der Waals surface area contributed by atoms with Gasteiger partial charge in [-0.1, -0.05) is 0 Å². The van der Waals surface area contributed by atoms with Crippen LogP contribution in [0, 0.1) is 7.14 Å². The minimum absolute atomic E-state index is 0.458. The quantitative estimate of drug-likeness (QED) is 0.558. The lowest BCUT2D eigenvalue weighted by atomic mass is 10.3. The molecule has 0 aliphatic heterocycles. The van der Waals surface area contributed by atoms with E-state index < -0.39 is 11.9 Å². The number of hydrogen-bond donors (Lipinski definition) is 2. The number of aliphatic carboxylic acids is 1. The third-order valence-electron chi connectivity index (χ3n) is 1.51. The van der Waals surface area contributed by atoms with Gasteiger partial charge in [-0.3, -0.25) is 4.79 Å². The van der Waals surface area contributed by atoms with Gasteiger partial charge in [-0.15, -0.1) is 0 Å². The molecule has 0 heterocycles. The molecular weight excluding hydrogens is 436 g/mol. The van der Waals surface area contributed by atoms with Crippen molar-refractivity contribution in [3.8, 4) is 0 Å². The molecule has 0 aliphatic carbocycles. The first-order chi connectivity index (χ1) is 7.47. The van der Waals surface area contributed by atoms with E-state index in [1.165, 1.54) is 0 Å². The van der Waals surface area contributed by atoms with Gasteiger partial charge in [-0.05, 0) is 63.4 Å². The summed E-state index contributed by atoms with van der Waals surface area (Å²) < 4.78 is 2.00. The third-order valence-corrected chi connectivity index (χ3v) is 2.75. The smallest absolute Gasteiger partial charge is 0.328 e. The molecular formula is C10H7I2NO3. The predicted octanol–water partition coefficient (Wildman–Crippen LogP) is 2.48. The summed E-state index contributed by atoms with van der Waals surface area (Å²) in [5.74, 6) is -1.60. The maximum atomic E-state index is 11.3. The molecule has 2 N–H and O–H groups in total. The van der Waals surface area contributed by atoms with Crippen LogP contribution in [0.5, 0.6) is 0 Å². The molecule has 0 aromatic heterocycles. The Hall–Kier alpha value is -0.640. The topological polar surface area (TPSA) is 66.4 Å². The Morgan fingerprint density at radius 2 is 1.69 bits per heavy atom.